The molecule has 1 heterocycles. The first-order valence-electron chi connectivity index (χ1n) is 6.83. The Morgan fingerprint density at radius 3 is 2.77 bits per heavy atom. The predicted octanol–water partition coefficient (Wildman–Crippen LogP) is 2.13. The average molecular weight is 360 g/mol. The lowest BCUT2D eigenvalue weighted by Crippen LogP contribution is -2.29. The molecular weight excluding hydrogens is 346 g/mol. The molecule has 0 radical (unpaired) electrons. The predicted molar refractivity (Wildman–Crippen MR) is 91.2 cm³/mol. The molecular formula is C16H14BrN3O2. The third kappa shape index (κ3) is 2.63. The Bertz CT molecular complexity index is 934. The van der Waals surface area contributed by atoms with Gasteiger partial charge in [0, 0.05) is 40.8 Å². The maximum absolute atomic E-state index is 12.4. The Labute approximate surface area is 134 Å². The smallest absolute Gasteiger partial charge is 0.251 e. The van der Waals surface area contributed by atoms with Gasteiger partial charge < -0.3 is 16.0 Å². The molecule has 3 aromatic rings. The number of H-pyrrole nitrogens is 1. The molecule has 0 saturated heterocycles. The highest BCUT2D eigenvalue weighted by atomic mass is 79.9. The minimum absolute atomic E-state index is 0.197. The van der Waals surface area contributed by atoms with Crippen LogP contribution in [0.4, 0.5) is 0 Å². The van der Waals surface area contributed by atoms with Gasteiger partial charge in [0.15, 0.2) is 0 Å². The van der Waals surface area contributed by atoms with E-state index in [0.717, 1.165) is 26.0 Å². The number of hydrogen-bond donors (Lipinski definition) is 3. The summed E-state index contributed by atoms with van der Waals surface area (Å²) in [6.07, 6.45) is 1.68. The van der Waals surface area contributed by atoms with Crippen LogP contribution in [-0.4, -0.2) is 24.0 Å². The zero-order valence-corrected chi connectivity index (χ0v) is 13.2. The molecule has 0 saturated carbocycles. The van der Waals surface area contributed by atoms with Crippen molar-refractivity contribution in [2.75, 3.05) is 13.1 Å². The molecule has 0 fully saturated rings. The van der Waals surface area contributed by atoms with E-state index in [0.29, 0.717) is 18.7 Å². The molecule has 0 aliphatic rings. The van der Waals surface area contributed by atoms with Crippen molar-refractivity contribution < 1.29 is 4.79 Å². The van der Waals surface area contributed by atoms with Crippen LogP contribution in [0.25, 0.3) is 21.5 Å². The van der Waals surface area contributed by atoms with Crippen LogP contribution >= 0.6 is 15.9 Å². The Balaban J connectivity index is 2.34. The largest absolute Gasteiger partial charge is 0.351 e. The molecule has 0 aliphatic carbocycles. The summed E-state index contributed by atoms with van der Waals surface area (Å²) in [5, 5.41) is 6.14. The lowest BCUT2D eigenvalue weighted by atomic mass is 9.98. The number of fused-ring (bicyclic) bond motifs is 3. The van der Waals surface area contributed by atoms with Gasteiger partial charge in [0.05, 0.1) is 0 Å². The maximum Gasteiger partial charge on any atom is 0.251 e. The van der Waals surface area contributed by atoms with Gasteiger partial charge in [-0.05, 0) is 34.4 Å². The lowest BCUT2D eigenvalue weighted by Gasteiger charge is -2.11. The second kappa shape index (κ2) is 5.90. The summed E-state index contributed by atoms with van der Waals surface area (Å²) < 4.78 is 0.886. The molecule has 0 aliphatic heterocycles. The molecule has 0 spiro atoms. The quantitative estimate of drug-likeness (QED) is 0.626. The minimum Gasteiger partial charge on any atom is -0.351 e. The van der Waals surface area contributed by atoms with Crippen LogP contribution < -0.4 is 16.6 Å². The lowest BCUT2D eigenvalue weighted by molar-refractivity contribution is 0.0956. The van der Waals surface area contributed by atoms with Crippen LogP contribution in [0.5, 0.6) is 0 Å². The Kier molecular flexibility index (Phi) is 3.96. The van der Waals surface area contributed by atoms with Crippen molar-refractivity contribution in [3.05, 3.63) is 56.9 Å². The minimum atomic E-state index is -0.198. The van der Waals surface area contributed by atoms with E-state index in [1.54, 1.807) is 12.3 Å². The van der Waals surface area contributed by atoms with E-state index < -0.39 is 0 Å². The summed E-state index contributed by atoms with van der Waals surface area (Å²) in [5.74, 6) is -0.198. The summed E-state index contributed by atoms with van der Waals surface area (Å²) in [5.41, 5.74) is 5.77. The fraction of sp³-hybridized carbons (Fsp3) is 0.125. The van der Waals surface area contributed by atoms with Gasteiger partial charge in [-0.25, -0.2) is 0 Å². The van der Waals surface area contributed by atoms with Crippen molar-refractivity contribution in [1.29, 1.82) is 0 Å². The van der Waals surface area contributed by atoms with Crippen LogP contribution in [0, 0.1) is 0 Å². The van der Waals surface area contributed by atoms with Gasteiger partial charge >= 0.3 is 0 Å². The number of nitrogens with two attached hydrogens (primary N) is 1. The number of carbonyl (C=O) groups excluding carboxylic acids is 1. The molecule has 5 nitrogen and oxygen atoms in total. The molecule has 112 valence electrons. The molecule has 2 aromatic carbocycles. The fourth-order valence-electron chi connectivity index (χ4n) is 2.52. The summed E-state index contributed by atoms with van der Waals surface area (Å²) >= 11 is 3.43. The van der Waals surface area contributed by atoms with Crippen LogP contribution in [0.2, 0.25) is 0 Å². The van der Waals surface area contributed by atoms with Crippen molar-refractivity contribution in [2.45, 2.75) is 0 Å². The van der Waals surface area contributed by atoms with Gasteiger partial charge in [0.2, 0.25) is 5.56 Å². The molecule has 0 bridgehead atoms. The number of aromatic amines is 1. The van der Waals surface area contributed by atoms with Gasteiger partial charge in [-0.2, -0.15) is 0 Å². The number of hydrogen-bond acceptors (Lipinski definition) is 3. The van der Waals surface area contributed by atoms with E-state index in [1.807, 2.05) is 18.2 Å². The zero-order valence-electron chi connectivity index (χ0n) is 11.7. The van der Waals surface area contributed by atoms with Gasteiger partial charge in [-0.15, -0.1) is 0 Å². The van der Waals surface area contributed by atoms with Crippen LogP contribution in [0.3, 0.4) is 0 Å². The molecule has 1 aromatic heterocycles. The third-order valence-corrected chi connectivity index (χ3v) is 3.99. The molecule has 0 atom stereocenters. The number of rotatable bonds is 3. The molecule has 6 heteroatoms. The van der Waals surface area contributed by atoms with Crippen molar-refractivity contribution in [3.63, 3.8) is 0 Å². The van der Waals surface area contributed by atoms with E-state index in [4.69, 9.17) is 5.73 Å². The van der Waals surface area contributed by atoms with Crippen LogP contribution in [0.1, 0.15) is 10.4 Å². The first kappa shape index (κ1) is 14.7. The summed E-state index contributed by atoms with van der Waals surface area (Å²) in [4.78, 5) is 26.6. The molecule has 3 rings (SSSR count). The number of aromatic nitrogens is 1. The van der Waals surface area contributed by atoms with Gasteiger partial charge in [-0.3, -0.25) is 9.59 Å². The SMILES string of the molecule is NCCNC(=O)c1cc2cc(=O)[nH]cc2c2ccc(Br)cc12. The number of benzene rings is 2. The Hall–Kier alpha value is -2.18. The monoisotopic (exact) mass is 359 g/mol. The van der Waals surface area contributed by atoms with Crippen molar-refractivity contribution >= 4 is 43.4 Å². The van der Waals surface area contributed by atoms with E-state index >= 15 is 0 Å². The van der Waals surface area contributed by atoms with Gasteiger partial charge in [0.25, 0.3) is 5.91 Å². The highest BCUT2D eigenvalue weighted by Crippen LogP contribution is 2.30. The number of nitrogens with one attached hydrogen (secondary N) is 2. The first-order valence-corrected chi connectivity index (χ1v) is 7.62. The molecule has 0 unspecified atom stereocenters. The highest BCUT2D eigenvalue weighted by molar-refractivity contribution is 9.10. The molecule has 1 amide bonds. The number of carbonyl (C=O) groups is 1. The normalized spacial score (nSPS) is 11.0. The average Bonchev–Trinajstić information content (AvgIpc) is 2.51. The van der Waals surface area contributed by atoms with Crippen LogP contribution in [-0.2, 0) is 0 Å². The summed E-state index contributed by atoms with van der Waals surface area (Å²) in [6.45, 7) is 0.780. The number of amides is 1. The van der Waals surface area contributed by atoms with Crippen molar-refractivity contribution in [3.8, 4) is 0 Å². The Morgan fingerprint density at radius 1 is 1.18 bits per heavy atom. The topological polar surface area (TPSA) is 88.0 Å². The van der Waals surface area contributed by atoms with Crippen molar-refractivity contribution in [1.82, 2.24) is 10.3 Å². The van der Waals surface area contributed by atoms with E-state index in [-0.39, 0.29) is 11.5 Å². The summed E-state index contributed by atoms with van der Waals surface area (Å²) in [7, 11) is 0. The van der Waals surface area contributed by atoms with Crippen LogP contribution in [0.15, 0.2) is 45.8 Å². The third-order valence-electron chi connectivity index (χ3n) is 3.49. The standard InChI is InChI=1S/C16H14BrN3O2/c17-10-1-2-11-12(7-10)13(16(22)19-4-3-18)5-9-6-15(21)20-8-14(9)11/h1-2,5-8H,3-4,18H2,(H,19,22)(H,20,21). The van der Waals surface area contributed by atoms with Crippen molar-refractivity contribution in [2.24, 2.45) is 5.73 Å². The maximum atomic E-state index is 12.4. The Morgan fingerprint density at radius 2 is 2.00 bits per heavy atom. The zero-order chi connectivity index (χ0) is 15.7. The highest BCUT2D eigenvalue weighted by Gasteiger charge is 2.13. The molecule has 4 N–H and O–H groups in total. The second-order valence-electron chi connectivity index (χ2n) is 4.96. The van der Waals surface area contributed by atoms with Gasteiger partial charge in [-0.1, -0.05) is 22.0 Å². The van der Waals surface area contributed by atoms with E-state index in [9.17, 15) is 9.59 Å². The summed E-state index contributed by atoms with van der Waals surface area (Å²) in [6, 6.07) is 8.98. The first-order chi connectivity index (χ1) is 10.6. The van der Waals surface area contributed by atoms with E-state index in [2.05, 4.69) is 26.2 Å². The molecule has 22 heavy (non-hydrogen) atoms. The fourth-order valence-corrected chi connectivity index (χ4v) is 2.88. The number of halogens is 1. The van der Waals surface area contributed by atoms with E-state index in [1.165, 1.54) is 6.07 Å². The second-order valence-corrected chi connectivity index (χ2v) is 5.87. The number of pyridine rings is 1. The van der Waals surface area contributed by atoms with Gasteiger partial charge in [0.1, 0.15) is 0 Å².